The molecule has 0 aliphatic rings. The highest BCUT2D eigenvalue weighted by molar-refractivity contribution is 6.05. The normalized spacial score (nSPS) is 10.9. The Kier molecular flexibility index (Phi) is 6.02. The van der Waals surface area contributed by atoms with Gasteiger partial charge in [-0.25, -0.2) is 15.0 Å². The molecule has 0 atom stereocenters. The van der Waals surface area contributed by atoms with Gasteiger partial charge in [-0.15, -0.1) is 0 Å². The highest BCUT2D eigenvalue weighted by atomic mass is 16.3. The molecule has 6 aromatic rings. The third kappa shape index (κ3) is 4.94. The van der Waals surface area contributed by atoms with Crippen LogP contribution in [0.25, 0.3) is 33.4 Å². The quantitative estimate of drug-likeness (QED) is 0.195. The van der Waals surface area contributed by atoms with Crippen molar-refractivity contribution < 1.29 is 14.0 Å². The van der Waals surface area contributed by atoms with Gasteiger partial charge < -0.3 is 25.4 Å². The Balaban J connectivity index is 1.22. The van der Waals surface area contributed by atoms with Crippen LogP contribution in [0.4, 0.5) is 23.0 Å². The van der Waals surface area contributed by atoms with Crippen molar-refractivity contribution in [2.24, 2.45) is 0 Å². The standard InChI is InChI=1S/C29H21N7O3/c1-2-24(37)32-20-8-6-17(7-9-20)28(38)33-21-4-3-5-22(15-21)34-29-35-23-11-13-39-26(23)25(36-29)19-14-18-10-12-30-27(18)31-16-19/h2-16H,1H2,(H,30,31)(H,32,37)(H,33,38)(H,34,35,36). The first kappa shape index (κ1) is 23.6. The third-order valence-electron chi connectivity index (χ3n) is 5.95. The van der Waals surface area contributed by atoms with Crippen LogP contribution in [0, 0.1) is 0 Å². The summed E-state index contributed by atoms with van der Waals surface area (Å²) in [5.41, 5.74) is 5.68. The maximum absolute atomic E-state index is 12.8. The van der Waals surface area contributed by atoms with Gasteiger partial charge in [0.2, 0.25) is 11.9 Å². The van der Waals surface area contributed by atoms with E-state index in [2.05, 4.69) is 37.5 Å². The number of rotatable bonds is 7. The van der Waals surface area contributed by atoms with Crippen LogP contribution >= 0.6 is 0 Å². The van der Waals surface area contributed by atoms with Crippen molar-refractivity contribution in [2.45, 2.75) is 0 Å². The number of hydrogen-bond acceptors (Lipinski definition) is 7. The van der Waals surface area contributed by atoms with Gasteiger partial charge in [0.25, 0.3) is 5.91 Å². The summed E-state index contributed by atoms with van der Waals surface area (Å²) in [5, 5.41) is 9.71. The molecule has 4 heterocycles. The largest absolute Gasteiger partial charge is 0.460 e. The molecule has 0 aliphatic heterocycles. The molecule has 0 saturated carbocycles. The summed E-state index contributed by atoms with van der Waals surface area (Å²) in [6.45, 7) is 3.42. The number of aromatic amines is 1. The van der Waals surface area contributed by atoms with Gasteiger partial charge in [-0.3, -0.25) is 9.59 Å². The molecule has 2 aromatic carbocycles. The molecule has 39 heavy (non-hydrogen) atoms. The van der Waals surface area contributed by atoms with E-state index in [4.69, 9.17) is 9.40 Å². The van der Waals surface area contributed by atoms with Crippen molar-refractivity contribution >= 4 is 57.0 Å². The van der Waals surface area contributed by atoms with Crippen molar-refractivity contribution in [3.8, 4) is 11.3 Å². The van der Waals surface area contributed by atoms with E-state index < -0.39 is 0 Å². The average molecular weight is 516 g/mol. The fourth-order valence-electron chi connectivity index (χ4n) is 4.09. The molecule has 4 aromatic heterocycles. The number of carbonyl (C=O) groups excluding carboxylic acids is 2. The summed E-state index contributed by atoms with van der Waals surface area (Å²) < 4.78 is 5.68. The molecule has 10 heteroatoms. The fourth-order valence-corrected chi connectivity index (χ4v) is 4.09. The van der Waals surface area contributed by atoms with E-state index in [9.17, 15) is 9.59 Å². The fraction of sp³-hybridized carbons (Fsp3) is 0. The molecular formula is C29H21N7O3. The van der Waals surface area contributed by atoms with Crippen LogP contribution in [0.2, 0.25) is 0 Å². The van der Waals surface area contributed by atoms with E-state index in [1.54, 1.807) is 54.9 Å². The van der Waals surface area contributed by atoms with Crippen LogP contribution in [0.5, 0.6) is 0 Å². The van der Waals surface area contributed by atoms with Crippen molar-refractivity contribution in [1.82, 2.24) is 19.9 Å². The first-order valence-electron chi connectivity index (χ1n) is 12.0. The SMILES string of the molecule is C=CC(=O)Nc1ccc(C(=O)Nc2cccc(Nc3nc(-c4cnc5[nH]ccc5c4)c4occc4n3)c2)cc1. The van der Waals surface area contributed by atoms with E-state index in [1.165, 1.54) is 6.08 Å². The van der Waals surface area contributed by atoms with Crippen LogP contribution in [-0.2, 0) is 4.79 Å². The Morgan fingerprint density at radius 2 is 1.77 bits per heavy atom. The van der Waals surface area contributed by atoms with E-state index in [0.717, 1.165) is 16.6 Å². The molecule has 6 rings (SSSR count). The molecule has 0 unspecified atom stereocenters. The average Bonchev–Trinajstić information content (AvgIpc) is 3.62. The van der Waals surface area contributed by atoms with Gasteiger partial charge in [0, 0.05) is 52.0 Å². The number of fused-ring (bicyclic) bond motifs is 2. The number of anilines is 4. The molecule has 190 valence electrons. The third-order valence-corrected chi connectivity index (χ3v) is 5.95. The Labute approximate surface area is 221 Å². The lowest BCUT2D eigenvalue weighted by Crippen LogP contribution is -2.12. The molecule has 4 N–H and O–H groups in total. The molecule has 0 saturated heterocycles. The lowest BCUT2D eigenvalue weighted by atomic mass is 10.1. The minimum atomic E-state index is -0.321. The molecule has 2 amide bonds. The maximum Gasteiger partial charge on any atom is 0.255 e. The van der Waals surface area contributed by atoms with Crippen molar-refractivity contribution in [3.05, 3.63) is 104 Å². The van der Waals surface area contributed by atoms with Gasteiger partial charge in [-0.05, 0) is 60.7 Å². The summed E-state index contributed by atoms with van der Waals surface area (Å²) >= 11 is 0. The van der Waals surface area contributed by atoms with Crippen molar-refractivity contribution in [2.75, 3.05) is 16.0 Å². The van der Waals surface area contributed by atoms with Crippen LogP contribution in [-0.4, -0.2) is 31.8 Å². The highest BCUT2D eigenvalue weighted by Crippen LogP contribution is 2.30. The smallest absolute Gasteiger partial charge is 0.255 e. The lowest BCUT2D eigenvalue weighted by molar-refractivity contribution is -0.111. The van der Waals surface area contributed by atoms with Crippen LogP contribution in [0.15, 0.2) is 102 Å². The predicted octanol–water partition coefficient (Wildman–Crippen LogP) is 5.89. The summed E-state index contributed by atoms with van der Waals surface area (Å²) in [5.74, 6) is -0.244. The number of H-pyrrole nitrogens is 1. The summed E-state index contributed by atoms with van der Waals surface area (Å²) in [6, 6.07) is 19.5. The minimum absolute atomic E-state index is 0.292. The molecule has 0 radical (unpaired) electrons. The Hall–Kier alpha value is -5.77. The van der Waals surface area contributed by atoms with Crippen LogP contribution in [0.1, 0.15) is 10.4 Å². The Morgan fingerprint density at radius 1 is 0.923 bits per heavy atom. The summed E-state index contributed by atoms with van der Waals surface area (Å²) in [6.07, 6.45) is 6.33. The van der Waals surface area contributed by atoms with Gasteiger partial charge in [-0.1, -0.05) is 12.6 Å². The second-order valence-electron chi connectivity index (χ2n) is 8.60. The number of carbonyl (C=O) groups is 2. The van der Waals surface area contributed by atoms with E-state index in [0.29, 0.717) is 45.4 Å². The lowest BCUT2D eigenvalue weighted by Gasteiger charge is -2.10. The maximum atomic E-state index is 12.8. The molecule has 0 aliphatic carbocycles. The zero-order chi connectivity index (χ0) is 26.8. The molecule has 0 bridgehead atoms. The number of nitrogens with zero attached hydrogens (tertiary/aromatic N) is 3. The van der Waals surface area contributed by atoms with Crippen molar-refractivity contribution in [1.29, 1.82) is 0 Å². The van der Waals surface area contributed by atoms with Gasteiger partial charge in [0.15, 0.2) is 5.58 Å². The van der Waals surface area contributed by atoms with Crippen LogP contribution in [0.3, 0.4) is 0 Å². The molecular weight excluding hydrogens is 494 g/mol. The zero-order valence-electron chi connectivity index (χ0n) is 20.4. The summed E-state index contributed by atoms with van der Waals surface area (Å²) in [7, 11) is 0. The van der Waals surface area contributed by atoms with E-state index in [-0.39, 0.29) is 11.8 Å². The predicted molar refractivity (Wildman–Crippen MR) is 150 cm³/mol. The Bertz CT molecular complexity index is 1850. The molecule has 10 nitrogen and oxygen atoms in total. The topological polar surface area (TPSA) is 138 Å². The van der Waals surface area contributed by atoms with Gasteiger partial charge in [-0.2, -0.15) is 0 Å². The second-order valence-corrected chi connectivity index (χ2v) is 8.60. The number of nitrogens with one attached hydrogen (secondary N) is 4. The van der Waals surface area contributed by atoms with Crippen LogP contribution < -0.4 is 16.0 Å². The summed E-state index contributed by atoms with van der Waals surface area (Å²) in [4.78, 5) is 41.1. The van der Waals surface area contributed by atoms with Gasteiger partial charge in [0.05, 0.1) is 6.26 Å². The Morgan fingerprint density at radius 3 is 2.62 bits per heavy atom. The first-order valence-corrected chi connectivity index (χ1v) is 12.0. The highest BCUT2D eigenvalue weighted by Gasteiger charge is 2.15. The monoisotopic (exact) mass is 515 g/mol. The number of pyridine rings is 1. The van der Waals surface area contributed by atoms with Gasteiger partial charge in [0.1, 0.15) is 16.9 Å². The number of hydrogen-bond donors (Lipinski definition) is 4. The number of aromatic nitrogens is 4. The van der Waals surface area contributed by atoms with E-state index >= 15 is 0 Å². The van der Waals surface area contributed by atoms with Crippen molar-refractivity contribution in [3.63, 3.8) is 0 Å². The second kappa shape index (κ2) is 9.94. The zero-order valence-corrected chi connectivity index (χ0v) is 20.4. The minimum Gasteiger partial charge on any atom is -0.460 e. The molecule has 0 spiro atoms. The first-order chi connectivity index (χ1) is 19.1. The van der Waals surface area contributed by atoms with E-state index in [1.807, 2.05) is 30.5 Å². The number of amides is 2. The molecule has 0 fully saturated rings. The van der Waals surface area contributed by atoms with Gasteiger partial charge >= 0.3 is 0 Å². The number of benzene rings is 2. The number of furan rings is 1.